The van der Waals surface area contributed by atoms with E-state index in [0.29, 0.717) is 28.1 Å². The lowest BCUT2D eigenvalue weighted by Gasteiger charge is -2.06. The number of hydrogen-bond donors (Lipinski definition) is 1. The third kappa shape index (κ3) is 3.81. The Morgan fingerprint density at radius 2 is 2.07 bits per heavy atom. The maximum absolute atomic E-state index is 13.6. The van der Waals surface area contributed by atoms with Gasteiger partial charge in [-0.05, 0) is 24.3 Å². The van der Waals surface area contributed by atoms with E-state index in [2.05, 4.69) is 15.5 Å². The predicted octanol–water partition coefficient (Wildman–Crippen LogP) is 4.11. The van der Waals surface area contributed by atoms with Crippen molar-refractivity contribution in [3.05, 3.63) is 54.3 Å². The monoisotopic (exact) mass is 412 g/mol. The Morgan fingerprint density at radius 1 is 1.24 bits per heavy atom. The van der Waals surface area contributed by atoms with Gasteiger partial charge < -0.3 is 19.0 Å². The SMILES string of the molecule is COc1cccc2cc(-c3nnc(SCC(=O)Nc4ccccc4F)n3C)oc12. The number of furan rings is 1. The first kappa shape index (κ1) is 19.0. The number of nitrogens with zero attached hydrogens (tertiary/aromatic N) is 3. The molecule has 4 rings (SSSR count). The van der Waals surface area contributed by atoms with Crippen molar-refractivity contribution >= 4 is 34.3 Å². The van der Waals surface area contributed by atoms with E-state index in [1.165, 1.54) is 23.9 Å². The minimum absolute atomic E-state index is 0.0638. The molecule has 0 atom stereocenters. The number of methoxy groups -OCH3 is 1. The van der Waals surface area contributed by atoms with E-state index in [-0.39, 0.29) is 17.3 Å². The molecule has 0 radical (unpaired) electrons. The van der Waals surface area contributed by atoms with Gasteiger partial charge in [0.05, 0.1) is 18.6 Å². The molecule has 0 saturated carbocycles. The molecule has 0 fully saturated rings. The largest absolute Gasteiger partial charge is 0.493 e. The molecule has 0 bridgehead atoms. The molecule has 9 heteroatoms. The fourth-order valence-electron chi connectivity index (χ4n) is 2.84. The lowest BCUT2D eigenvalue weighted by molar-refractivity contribution is -0.113. The summed E-state index contributed by atoms with van der Waals surface area (Å²) in [6, 6.07) is 13.5. The van der Waals surface area contributed by atoms with Gasteiger partial charge in [-0.1, -0.05) is 36.0 Å². The van der Waals surface area contributed by atoms with Crippen LogP contribution in [0.5, 0.6) is 5.75 Å². The first-order valence-electron chi connectivity index (χ1n) is 8.70. The minimum atomic E-state index is -0.480. The molecule has 148 valence electrons. The number of thioether (sulfide) groups is 1. The van der Waals surface area contributed by atoms with Crippen LogP contribution in [0.25, 0.3) is 22.6 Å². The lowest BCUT2D eigenvalue weighted by Crippen LogP contribution is -2.15. The van der Waals surface area contributed by atoms with Crippen LogP contribution in [0.15, 0.2) is 58.1 Å². The molecule has 0 aliphatic heterocycles. The summed E-state index contributed by atoms with van der Waals surface area (Å²) >= 11 is 1.20. The van der Waals surface area contributed by atoms with Gasteiger partial charge in [0.15, 0.2) is 28.1 Å². The maximum Gasteiger partial charge on any atom is 0.234 e. The number of carbonyl (C=O) groups is 1. The number of nitrogens with one attached hydrogen (secondary N) is 1. The van der Waals surface area contributed by atoms with Crippen LogP contribution in [0.2, 0.25) is 0 Å². The van der Waals surface area contributed by atoms with Crippen LogP contribution in [-0.4, -0.2) is 33.5 Å². The molecule has 0 aliphatic carbocycles. The van der Waals surface area contributed by atoms with Crippen molar-refractivity contribution in [2.24, 2.45) is 7.05 Å². The molecular formula is C20H17FN4O3S. The minimum Gasteiger partial charge on any atom is -0.493 e. The third-order valence-electron chi connectivity index (χ3n) is 4.26. The lowest BCUT2D eigenvalue weighted by atomic mass is 10.2. The summed E-state index contributed by atoms with van der Waals surface area (Å²) < 4.78 is 26.6. The summed E-state index contributed by atoms with van der Waals surface area (Å²) in [4.78, 5) is 12.1. The second-order valence-electron chi connectivity index (χ2n) is 6.17. The highest BCUT2D eigenvalue weighted by atomic mass is 32.2. The Bertz CT molecular complexity index is 1190. The number of benzene rings is 2. The van der Waals surface area contributed by atoms with Crippen LogP contribution < -0.4 is 10.1 Å². The van der Waals surface area contributed by atoms with Gasteiger partial charge in [0, 0.05) is 12.4 Å². The molecule has 2 aromatic carbocycles. The van der Waals surface area contributed by atoms with E-state index in [9.17, 15) is 9.18 Å². The van der Waals surface area contributed by atoms with Crippen molar-refractivity contribution in [3.63, 3.8) is 0 Å². The molecule has 29 heavy (non-hydrogen) atoms. The molecule has 0 aliphatic rings. The van der Waals surface area contributed by atoms with Crippen molar-refractivity contribution in [3.8, 4) is 17.3 Å². The summed E-state index contributed by atoms with van der Waals surface area (Å²) in [7, 11) is 3.37. The van der Waals surface area contributed by atoms with Crippen molar-refractivity contribution in [2.75, 3.05) is 18.2 Å². The van der Waals surface area contributed by atoms with Gasteiger partial charge in [-0.2, -0.15) is 0 Å². The smallest absolute Gasteiger partial charge is 0.234 e. The highest BCUT2D eigenvalue weighted by Gasteiger charge is 2.18. The number of rotatable bonds is 6. The third-order valence-corrected chi connectivity index (χ3v) is 5.28. The molecule has 2 aromatic heterocycles. The van der Waals surface area contributed by atoms with Crippen molar-refractivity contribution in [2.45, 2.75) is 5.16 Å². The van der Waals surface area contributed by atoms with Crippen LogP contribution in [0.4, 0.5) is 10.1 Å². The normalized spacial score (nSPS) is 11.0. The van der Waals surface area contributed by atoms with Gasteiger partial charge in [-0.15, -0.1) is 10.2 Å². The molecule has 7 nitrogen and oxygen atoms in total. The van der Waals surface area contributed by atoms with Crippen LogP contribution in [0.1, 0.15) is 0 Å². The summed E-state index contributed by atoms with van der Waals surface area (Å²) in [6.07, 6.45) is 0. The first-order chi connectivity index (χ1) is 14.1. The molecule has 1 amide bonds. The molecule has 4 aromatic rings. The number of amides is 1. The average molecular weight is 412 g/mol. The number of anilines is 1. The molecule has 0 spiro atoms. The van der Waals surface area contributed by atoms with E-state index in [1.807, 2.05) is 24.3 Å². The average Bonchev–Trinajstić information content (AvgIpc) is 3.31. The van der Waals surface area contributed by atoms with E-state index in [4.69, 9.17) is 9.15 Å². The summed E-state index contributed by atoms with van der Waals surface area (Å²) in [6.45, 7) is 0. The van der Waals surface area contributed by atoms with Crippen molar-refractivity contribution in [1.29, 1.82) is 0 Å². The van der Waals surface area contributed by atoms with Crippen LogP contribution in [0, 0.1) is 5.82 Å². The Morgan fingerprint density at radius 3 is 2.86 bits per heavy atom. The van der Waals surface area contributed by atoms with E-state index >= 15 is 0 Å². The van der Waals surface area contributed by atoms with Gasteiger partial charge in [0.1, 0.15) is 5.82 Å². The van der Waals surface area contributed by atoms with E-state index in [1.54, 1.807) is 30.9 Å². The molecule has 0 unspecified atom stereocenters. The Labute approximate surface area is 169 Å². The number of ether oxygens (including phenoxy) is 1. The zero-order chi connectivity index (χ0) is 20.4. The highest BCUT2D eigenvalue weighted by molar-refractivity contribution is 7.99. The number of hydrogen-bond acceptors (Lipinski definition) is 6. The van der Waals surface area contributed by atoms with Gasteiger partial charge >= 0.3 is 0 Å². The summed E-state index contributed by atoms with van der Waals surface area (Å²) in [5, 5.41) is 12.3. The summed E-state index contributed by atoms with van der Waals surface area (Å²) in [5.41, 5.74) is 0.777. The van der Waals surface area contributed by atoms with E-state index in [0.717, 1.165) is 5.39 Å². The van der Waals surface area contributed by atoms with Gasteiger partial charge in [0.2, 0.25) is 5.91 Å². The Balaban J connectivity index is 1.49. The second kappa shape index (κ2) is 7.96. The number of aromatic nitrogens is 3. The number of carbonyl (C=O) groups excluding carboxylic acids is 1. The fraction of sp³-hybridized carbons (Fsp3) is 0.150. The molecule has 2 heterocycles. The van der Waals surface area contributed by atoms with Crippen LogP contribution in [0.3, 0.4) is 0 Å². The maximum atomic E-state index is 13.6. The fourth-order valence-corrected chi connectivity index (χ4v) is 3.55. The van der Waals surface area contributed by atoms with Gasteiger partial charge in [-0.3, -0.25) is 4.79 Å². The zero-order valence-corrected chi connectivity index (χ0v) is 16.5. The quantitative estimate of drug-likeness (QED) is 0.480. The molecular weight excluding hydrogens is 395 g/mol. The number of halogens is 1. The van der Waals surface area contributed by atoms with Crippen molar-refractivity contribution < 1.29 is 18.3 Å². The molecule has 0 saturated heterocycles. The topological polar surface area (TPSA) is 82.2 Å². The van der Waals surface area contributed by atoms with Crippen molar-refractivity contribution in [1.82, 2.24) is 14.8 Å². The zero-order valence-electron chi connectivity index (χ0n) is 15.7. The number of fused-ring (bicyclic) bond motifs is 1. The first-order valence-corrected chi connectivity index (χ1v) is 9.69. The van der Waals surface area contributed by atoms with E-state index < -0.39 is 5.82 Å². The Hall–Kier alpha value is -3.33. The predicted molar refractivity (Wildman–Crippen MR) is 109 cm³/mol. The molecule has 1 N–H and O–H groups in total. The summed E-state index contributed by atoms with van der Waals surface area (Å²) in [5.74, 6) is 0.955. The van der Waals surface area contributed by atoms with Crippen LogP contribution in [-0.2, 0) is 11.8 Å². The second-order valence-corrected chi connectivity index (χ2v) is 7.11. The number of para-hydroxylation sites is 2. The standard InChI is InChI=1S/C20H17FN4O3S/c1-25-19(16-10-12-6-5-9-15(27-2)18(12)28-16)23-24-20(25)29-11-17(26)22-14-8-4-3-7-13(14)21/h3-10H,11H2,1-2H3,(H,22,26). The Kier molecular flexibility index (Phi) is 5.22. The highest BCUT2D eigenvalue weighted by Crippen LogP contribution is 2.33. The van der Waals surface area contributed by atoms with Gasteiger partial charge in [-0.25, -0.2) is 4.39 Å². The van der Waals surface area contributed by atoms with Crippen LogP contribution >= 0.6 is 11.8 Å². The van der Waals surface area contributed by atoms with Gasteiger partial charge in [0.25, 0.3) is 0 Å².